The zero-order valence-corrected chi connectivity index (χ0v) is 18.5. The van der Waals surface area contributed by atoms with Crippen LogP contribution in [0.15, 0.2) is 83.3 Å². The molecule has 0 fully saturated rings. The summed E-state index contributed by atoms with van der Waals surface area (Å²) in [4.78, 5) is 0. The Morgan fingerprint density at radius 2 is 1.65 bits per heavy atom. The highest BCUT2D eigenvalue weighted by atomic mass is 127. The van der Waals surface area contributed by atoms with Gasteiger partial charge < -0.3 is 9.73 Å². The van der Waals surface area contributed by atoms with Crippen molar-refractivity contribution in [2.45, 2.75) is 12.1 Å². The van der Waals surface area contributed by atoms with Crippen LogP contribution in [0, 0.1) is 0 Å². The first kappa shape index (κ1) is 16.5. The minimum atomic E-state index is 0.272. The number of furan rings is 1. The van der Waals surface area contributed by atoms with Gasteiger partial charge in [-0.2, -0.15) is 0 Å². The van der Waals surface area contributed by atoms with Crippen LogP contribution in [-0.4, -0.2) is 16.5 Å². The van der Waals surface area contributed by atoms with Crippen molar-refractivity contribution in [1.82, 2.24) is 4.40 Å². The Kier molecular flexibility index (Phi) is 2.94. The van der Waals surface area contributed by atoms with Crippen molar-refractivity contribution in [3.63, 3.8) is 0 Å². The molecule has 0 saturated heterocycles. The average Bonchev–Trinajstić information content (AvgIpc) is 3.44. The third-order valence-electron chi connectivity index (χ3n) is 6.87. The fourth-order valence-corrected chi connectivity index (χ4v) is 6.52. The fourth-order valence-electron chi connectivity index (χ4n) is 5.54. The van der Waals surface area contributed by atoms with Crippen molar-refractivity contribution in [3.05, 3.63) is 78.9 Å². The van der Waals surface area contributed by atoms with Crippen LogP contribution in [0.1, 0.15) is 0 Å². The summed E-state index contributed by atoms with van der Waals surface area (Å²) in [5, 5.41) is 9.99. The molecule has 1 aliphatic heterocycles. The number of hydrogen-bond donors (Lipinski definition) is 1. The third kappa shape index (κ3) is 1.92. The van der Waals surface area contributed by atoms with Gasteiger partial charge in [0.2, 0.25) is 0 Å². The molecule has 4 nitrogen and oxygen atoms in total. The summed E-state index contributed by atoms with van der Waals surface area (Å²) in [6.07, 6.45) is 8.80. The molecule has 5 heteroatoms. The summed E-state index contributed by atoms with van der Waals surface area (Å²) in [6, 6.07) is 20.0. The van der Waals surface area contributed by atoms with E-state index in [1.807, 2.05) is 12.1 Å². The normalized spacial score (nSPS) is 20.4. The van der Waals surface area contributed by atoms with Crippen LogP contribution < -0.4 is 8.43 Å². The predicted octanol–water partition coefficient (Wildman–Crippen LogP) is 7.03. The Bertz CT molecular complexity index is 1760. The topological polar surface area (TPSA) is 32.8 Å². The molecule has 3 aromatic carbocycles. The standard InChI is InChI=1S/C26H16IN3O/c27-30-20-10-3-2-9-19(20)28-24-16-8-5-7-15-17-12-18-14-6-1-4-11-22(14)31-23(18)13-21(17)29(25(15)16)26(24)30/h1-13,19-20,28H. The second-order valence-electron chi connectivity index (χ2n) is 8.44. The summed E-state index contributed by atoms with van der Waals surface area (Å²) in [5.41, 5.74) is 5.55. The molecular weight excluding hydrogens is 497 g/mol. The van der Waals surface area contributed by atoms with Crippen molar-refractivity contribution in [2.75, 3.05) is 8.43 Å². The summed E-state index contributed by atoms with van der Waals surface area (Å²) in [5.74, 6) is 1.21. The highest BCUT2D eigenvalue weighted by Crippen LogP contribution is 2.49. The Labute approximate surface area is 191 Å². The Hall–Kier alpha value is -3.19. The smallest absolute Gasteiger partial charge is 0.147 e. The van der Waals surface area contributed by atoms with Gasteiger partial charge in [-0.1, -0.05) is 60.7 Å². The number of nitrogens with one attached hydrogen (secondary N) is 1. The highest BCUT2D eigenvalue weighted by Gasteiger charge is 2.36. The number of benzene rings is 3. The van der Waals surface area contributed by atoms with Crippen molar-refractivity contribution in [2.24, 2.45) is 0 Å². The van der Waals surface area contributed by atoms with Gasteiger partial charge in [-0.25, -0.2) is 0 Å². The molecule has 6 aromatic rings. The largest absolute Gasteiger partial charge is 0.456 e. The molecule has 0 amide bonds. The van der Waals surface area contributed by atoms with Gasteiger partial charge in [-0.15, -0.1) is 0 Å². The lowest BCUT2D eigenvalue weighted by molar-refractivity contribution is 0.669. The molecule has 0 spiro atoms. The SMILES string of the molecule is IN1c2c(c3cccc4c5cc6c(cc5n2c34)oc2ccccc26)NC2C=CC=CC21. The number of halogens is 1. The van der Waals surface area contributed by atoms with E-state index in [-0.39, 0.29) is 12.1 Å². The monoisotopic (exact) mass is 513 g/mol. The summed E-state index contributed by atoms with van der Waals surface area (Å²) >= 11 is 2.48. The van der Waals surface area contributed by atoms with Crippen molar-refractivity contribution in [3.8, 4) is 0 Å². The van der Waals surface area contributed by atoms with E-state index >= 15 is 0 Å². The lowest BCUT2D eigenvalue weighted by Gasteiger charge is -2.38. The number of fused-ring (bicyclic) bond motifs is 10. The van der Waals surface area contributed by atoms with Crippen LogP contribution in [-0.2, 0) is 0 Å². The van der Waals surface area contributed by atoms with Crippen LogP contribution in [0.2, 0.25) is 0 Å². The molecule has 0 bridgehead atoms. The van der Waals surface area contributed by atoms with Gasteiger partial charge in [0.25, 0.3) is 0 Å². The molecule has 2 aliphatic rings. The first-order valence-corrected chi connectivity index (χ1v) is 11.5. The fraction of sp³-hybridized carbons (Fsp3) is 0.0769. The minimum Gasteiger partial charge on any atom is -0.456 e. The number of anilines is 2. The van der Waals surface area contributed by atoms with Crippen molar-refractivity contribution in [1.29, 1.82) is 0 Å². The quantitative estimate of drug-likeness (QED) is 0.175. The summed E-state index contributed by atoms with van der Waals surface area (Å²) in [6.45, 7) is 0. The van der Waals surface area contributed by atoms with Crippen molar-refractivity contribution >= 4 is 83.5 Å². The number of hydrogen-bond acceptors (Lipinski definition) is 3. The molecule has 31 heavy (non-hydrogen) atoms. The maximum absolute atomic E-state index is 6.24. The van der Waals surface area contributed by atoms with Gasteiger partial charge in [0.1, 0.15) is 17.0 Å². The molecule has 2 atom stereocenters. The van der Waals surface area contributed by atoms with Crippen LogP contribution >= 0.6 is 22.9 Å². The van der Waals surface area contributed by atoms with Gasteiger partial charge in [0, 0.05) is 33.0 Å². The summed E-state index contributed by atoms with van der Waals surface area (Å²) < 4.78 is 11.0. The van der Waals surface area contributed by atoms with Gasteiger partial charge in [-0.05, 0) is 12.1 Å². The minimum absolute atomic E-state index is 0.272. The number of aromatic nitrogens is 1. The van der Waals surface area contributed by atoms with Crippen LogP contribution in [0.25, 0.3) is 49.1 Å². The Morgan fingerprint density at radius 3 is 2.61 bits per heavy atom. The van der Waals surface area contributed by atoms with Crippen molar-refractivity contribution < 1.29 is 4.42 Å². The molecule has 1 N–H and O–H groups in total. The summed E-state index contributed by atoms with van der Waals surface area (Å²) in [7, 11) is 0. The average molecular weight is 513 g/mol. The first-order valence-electron chi connectivity index (χ1n) is 10.5. The number of para-hydroxylation sites is 2. The van der Waals surface area contributed by atoms with E-state index in [1.54, 1.807) is 0 Å². The van der Waals surface area contributed by atoms with Crippen LogP contribution in [0.3, 0.4) is 0 Å². The molecule has 0 saturated carbocycles. The molecule has 148 valence electrons. The van der Waals surface area contributed by atoms with E-state index in [0.717, 1.165) is 11.2 Å². The number of nitrogens with zero attached hydrogens (tertiary/aromatic N) is 2. The molecule has 8 rings (SSSR count). The zero-order chi connectivity index (χ0) is 20.3. The molecule has 3 aromatic heterocycles. The Morgan fingerprint density at radius 1 is 0.806 bits per heavy atom. The van der Waals surface area contributed by atoms with E-state index in [2.05, 4.69) is 102 Å². The second-order valence-corrected chi connectivity index (χ2v) is 9.48. The van der Waals surface area contributed by atoms with E-state index < -0.39 is 0 Å². The van der Waals surface area contributed by atoms with E-state index in [0.29, 0.717) is 0 Å². The number of rotatable bonds is 0. The number of allylic oxidation sites excluding steroid dienone is 2. The third-order valence-corrected chi connectivity index (χ3v) is 7.97. The highest BCUT2D eigenvalue weighted by molar-refractivity contribution is 14.1. The molecule has 0 radical (unpaired) electrons. The zero-order valence-electron chi connectivity index (χ0n) is 16.3. The van der Waals surface area contributed by atoms with Gasteiger partial charge >= 0.3 is 0 Å². The Balaban J connectivity index is 1.56. The molecule has 1 aliphatic carbocycles. The second kappa shape index (κ2) is 5.53. The van der Waals surface area contributed by atoms with E-state index in [4.69, 9.17) is 4.42 Å². The van der Waals surface area contributed by atoms with Crippen LogP contribution in [0.4, 0.5) is 11.5 Å². The predicted molar refractivity (Wildman–Crippen MR) is 137 cm³/mol. The maximum atomic E-state index is 6.24. The van der Waals surface area contributed by atoms with Gasteiger partial charge in [0.15, 0.2) is 0 Å². The van der Waals surface area contributed by atoms with Gasteiger partial charge in [-0.3, -0.25) is 7.51 Å². The van der Waals surface area contributed by atoms with E-state index in [1.165, 1.54) is 49.5 Å². The maximum Gasteiger partial charge on any atom is 0.147 e. The lowest BCUT2D eigenvalue weighted by Crippen LogP contribution is -2.45. The first-order chi connectivity index (χ1) is 15.3. The molecule has 2 unspecified atom stereocenters. The van der Waals surface area contributed by atoms with E-state index in [9.17, 15) is 0 Å². The molecular formula is C26H16IN3O. The molecule has 4 heterocycles. The van der Waals surface area contributed by atoms with Gasteiger partial charge in [0.05, 0.1) is 51.7 Å². The van der Waals surface area contributed by atoms with Crippen LogP contribution in [0.5, 0.6) is 0 Å². The lowest BCUT2D eigenvalue weighted by atomic mass is 9.99.